The lowest BCUT2D eigenvalue weighted by molar-refractivity contribution is -0.146. The lowest BCUT2D eigenvalue weighted by Crippen LogP contribution is -2.42. The number of likely N-dealkylation sites (tertiary alicyclic amines) is 1. The Balaban J connectivity index is 1.86. The molecule has 5 nitrogen and oxygen atoms in total. The van der Waals surface area contributed by atoms with Crippen LogP contribution in [0.4, 0.5) is 0 Å². The second-order valence-electron chi connectivity index (χ2n) is 6.55. The third-order valence-corrected chi connectivity index (χ3v) is 4.61. The Morgan fingerprint density at radius 2 is 1.92 bits per heavy atom. The van der Waals surface area contributed by atoms with Gasteiger partial charge in [-0.3, -0.25) is 9.59 Å². The van der Waals surface area contributed by atoms with Crippen LogP contribution < -0.4 is 4.74 Å². The zero-order chi connectivity index (χ0) is 18.1. The molecule has 2 rings (SSSR count). The molecule has 1 fully saturated rings. The minimum Gasteiger partial charge on any atom is -0.494 e. The van der Waals surface area contributed by atoms with Crippen molar-refractivity contribution >= 4 is 11.9 Å². The Bertz CT molecular complexity index is 555. The van der Waals surface area contributed by atoms with Gasteiger partial charge in [-0.2, -0.15) is 0 Å². The Hall–Kier alpha value is -2.04. The SMILES string of the molecule is CCCCCCOc1ccc(C(=O)N2CCCC(C(=O)OC)C2)cc1. The number of unbranched alkanes of at least 4 members (excludes halogenated alkanes) is 3. The first-order chi connectivity index (χ1) is 12.2. The molecule has 138 valence electrons. The van der Waals surface area contributed by atoms with Crippen molar-refractivity contribution in [1.82, 2.24) is 4.90 Å². The van der Waals surface area contributed by atoms with Crippen LogP contribution in [-0.4, -0.2) is 43.6 Å². The van der Waals surface area contributed by atoms with E-state index in [1.807, 2.05) is 12.1 Å². The van der Waals surface area contributed by atoms with Crippen LogP contribution in [0.1, 0.15) is 55.8 Å². The molecule has 1 saturated heterocycles. The number of ether oxygens (including phenoxy) is 2. The molecule has 0 N–H and O–H groups in total. The maximum Gasteiger partial charge on any atom is 0.310 e. The Morgan fingerprint density at radius 1 is 1.16 bits per heavy atom. The molecule has 0 aromatic heterocycles. The molecule has 0 radical (unpaired) electrons. The van der Waals surface area contributed by atoms with E-state index in [1.165, 1.54) is 26.4 Å². The van der Waals surface area contributed by atoms with E-state index in [9.17, 15) is 9.59 Å². The lowest BCUT2D eigenvalue weighted by Gasteiger charge is -2.31. The van der Waals surface area contributed by atoms with Gasteiger partial charge in [-0.1, -0.05) is 26.2 Å². The molecule has 1 amide bonds. The third-order valence-electron chi connectivity index (χ3n) is 4.61. The van der Waals surface area contributed by atoms with Crippen LogP contribution in [0, 0.1) is 5.92 Å². The summed E-state index contributed by atoms with van der Waals surface area (Å²) in [5.41, 5.74) is 0.629. The lowest BCUT2D eigenvalue weighted by atomic mass is 9.97. The molecule has 1 unspecified atom stereocenters. The Labute approximate surface area is 150 Å². The molecule has 1 aliphatic rings. The van der Waals surface area contributed by atoms with Gasteiger partial charge in [0.25, 0.3) is 5.91 Å². The second kappa shape index (κ2) is 10.1. The number of esters is 1. The van der Waals surface area contributed by atoms with Gasteiger partial charge in [0.2, 0.25) is 0 Å². The first kappa shape index (κ1) is 19.3. The first-order valence-electron chi connectivity index (χ1n) is 9.25. The van der Waals surface area contributed by atoms with E-state index in [2.05, 4.69) is 6.92 Å². The van der Waals surface area contributed by atoms with Crippen molar-refractivity contribution in [3.05, 3.63) is 29.8 Å². The van der Waals surface area contributed by atoms with Crippen molar-refractivity contribution in [3.63, 3.8) is 0 Å². The topological polar surface area (TPSA) is 55.8 Å². The normalized spacial score (nSPS) is 17.2. The minimum atomic E-state index is -0.232. The Morgan fingerprint density at radius 3 is 2.60 bits per heavy atom. The fraction of sp³-hybridized carbons (Fsp3) is 0.600. The van der Waals surface area contributed by atoms with E-state index in [4.69, 9.17) is 9.47 Å². The van der Waals surface area contributed by atoms with Crippen LogP contribution in [0.25, 0.3) is 0 Å². The molecule has 1 heterocycles. The van der Waals surface area contributed by atoms with Crippen molar-refractivity contribution in [3.8, 4) is 5.75 Å². The number of methoxy groups -OCH3 is 1. The molecule has 1 atom stereocenters. The van der Waals surface area contributed by atoms with E-state index in [-0.39, 0.29) is 17.8 Å². The third kappa shape index (κ3) is 5.76. The summed E-state index contributed by atoms with van der Waals surface area (Å²) in [6.07, 6.45) is 6.29. The standard InChI is InChI=1S/C20H29NO4/c1-3-4-5-6-14-25-18-11-9-16(10-12-18)19(22)21-13-7-8-17(15-21)20(23)24-2/h9-12,17H,3-8,13-15H2,1-2H3. The molecule has 0 bridgehead atoms. The number of benzene rings is 1. The highest BCUT2D eigenvalue weighted by Crippen LogP contribution is 2.21. The van der Waals surface area contributed by atoms with Crippen LogP contribution in [0.5, 0.6) is 5.75 Å². The Kier molecular flexibility index (Phi) is 7.76. The van der Waals surface area contributed by atoms with Crippen molar-refractivity contribution in [1.29, 1.82) is 0 Å². The summed E-state index contributed by atoms with van der Waals surface area (Å²) >= 11 is 0. The van der Waals surface area contributed by atoms with Gasteiger partial charge >= 0.3 is 5.97 Å². The highest BCUT2D eigenvalue weighted by Gasteiger charge is 2.29. The van der Waals surface area contributed by atoms with E-state index in [1.54, 1.807) is 17.0 Å². The monoisotopic (exact) mass is 347 g/mol. The van der Waals surface area contributed by atoms with Gasteiger partial charge in [-0.15, -0.1) is 0 Å². The van der Waals surface area contributed by atoms with Gasteiger partial charge < -0.3 is 14.4 Å². The molecular formula is C20H29NO4. The van der Waals surface area contributed by atoms with Crippen molar-refractivity contribution in [2.24, 2.45) is 5.92 Å². The number of carbonyl (C=O) groups excluding carboxylic acids is 2. The van der Waals surface area contributed by atoms with E-state index in [0.29, 0.717) is 25.3 Å². The number of amides is 1. The fourth-order valence-corrected chi connectivity index (χ4v) is 3.12. The summed E-state index contributed by atoms with van der Waals surface area (Å²) < 4.78 is 10.5. The van der Waals surface area contributed by atoms with E-state index in [0.717, 1.165) is 25.0 Å². The van der Waals surface area contributed by atoms with Crippen LogP contribution in [-0.2, 0) is 9.53 Å². The van der Waals surface area contributed by atoms with Crippen molar-refractivity contribution < 1.29 is 19.1 Å². The number of rotatable bonds is 8. The van der Waals surface area contributed by atoms with Crippen molar-refractivity contribution in [2.75, 3.05) is 26.8 Å². The molecule has 5 heteroatoms. The predicted octanol–water partition coefficient (Wildman–Crippen LogP) is 3.67. The first-order valence-corrected chi connectivity index (χ1v) is 9.25. The summed E-state index contributed by atoms with van der Waals surface area (Å²) in [4.78, 5) is 26.1. The molecule has 0 saturated carbocycles. The summed E-state index contributed by atoms with van der Waals surface area (Å²) in [6, 6.07) is 7.28. The van der Waals surface area contributed by atoms with Gasteiger partial charge in [0.1, 0.15) is 5.75 Å². The molecule has 25 heavy (non-hydrogen) atoms. The van der Waals surface area contributed by atoms with Crippen LogP contribution in [0.15, 0.2) is 24.3 Å². The maximum absolute atomic E-state index is 12.6. The van der Waals surface area contributed by atoms with Crippen molar-refractivity contribution in [2.45, 2.75) is 45.4 Å². The smallest absolute Gasteiger partial charge is 0.310 e. The molecule has 1 aromatic carbocycles. The molecule has 0 aliphatic carbocycles. The van der Waals surface area contributed by atoms with Crippen LogP contribution in [0.2, 0.25) is 0 Å². The number of hydrogen-bond donors (Lipinski definition) is 0. The summed E-state index contributed by atoms with van der Waals surface area (Å²) in [7, 11) is 1.39. The number of piperidine rings is 1. The van der Waals surface area contributed by atoms with E-state index >= 15 is 0 Å². The van der Waals surface area contributed by atoms with Crippen LogP contribution >= 0.6 is 0 Å². The molecular weight excluding hydrogens is 318 g/mol. The van der Waals surface area contributed by atoms with Gasteiger partial charge in [-0.25, -0.2) is 0 Å². The van der Waals surface area contributed by atoms with Gasteiger partial charge in [0.05, 0.1) is 19.6 Å². The maximum atomic E-state index is 12.6. The van der Waals surface area contributed by atoms with Crippen LogP contribution in [0.3, 0.4) is 0 Å². The average Bonchev–Trinajstić information content (AvgIpc) is 2.67. The van der Waals surface area contributed by atoms with Gasteiger partial charge in [0.15, 0.2) is 0 Å². The highest BCUT2D eigenvalue weighted by atomic mass is 16.5. The van der Waals surface area contributed by atoms with E-state index < -0.39 is 0 Å². The highest BCUT2D eigenvalue weighted by molar-refractivity contribution is 5.94. The zero-order valence-electron chi connectivity index (χ0n) is 15.3. The summed E-state index contributed by atoms with van der Waals surface area (Å²) in [5.74, 6) is 0.306. The molecule has 1 aromatic rings. The molecule has 0 spiro atoms. The number of hydrogen-bond acceptors (Lipinski definition) is 4. The van der Waals surface area contributed by atoms with Gasteiger partial charge in [-0.05, 0) is 43.5 Å². The predicted molar refractivity (Wildman–Crippen MR) is 96.7 cm³/mol. The summed E-state index contributed by atoms with van der Waals surface area (Å²) in [6.45, 7) is 4.01. The molecule has 1 aliphatic heterocycles. The quantitative estimate of drug-likeness (QED) is 0.532. The summed E-state index contributed by atoms with van der Waals surface area (Å²) in [5, 5.41) is 0. The fourth-order valence-electron chi connectivity index (χ4n) is 3.12. The number of nitrogens with zero attached hydrogens (tertiary/aromatic N) is 1. The largest absolute Gasteiger partial charge is 0.494 e. The van der Waals surface area contributed by atoms with Gasteiger partial charge in [0, 0.05) is 18.7 Å². The second-order valence-corrected chi connectivity index (χ2v) is 6.55. The number of carbonyl (C=O) groups is 2. The minimum absolute atomic E-state index is 0.0388. The zero-order valence-corrected chi connectivity index (χ0v) is 15.3. The average molecular weight is 347 g/mol.